The molecule has 32 heavy (non-hydrogen) atoms. The molecule has 170 valence electrons. The third-order valence-electron chi connectivity index (χ3n) is 4.63. The molecule has 2 heterocycles. The fourth-order valence-electron chi connectivity index (χ4n) is 2.93. The lowest BCUT2D eigenvalue weighted by Gasteiger charge is -2.16. The van der Waals surface area contributed by atoms with Crippen LogP contribution in [0.2, 0.25) is 0 Å². The van der Waals surface area contributed by atoms with Crippen LogP contribution in [0.4, 0.5) is 5.13 Å². The highest BCUT2D eigenvalue weighted by molar-refractivity contribution is 7.99. The smallest absolute Gasteiger partial charge is 0.236 e. The largest absolute Gasteiger partial charge is 0.483 e. The molecule has 2 aromatic heterocycles. The van der Waals surface area contributed by atoms with E-state index in [1.54, 1.807) is 6.08 Å². The minimum atomic E-state index is -0.315. The molecule has 10 heteroatoms. The topological polar surface area (TPSA) is 94.8 Å². The predicted molar refractivity (Wildman–Crippen MR) is 128 cm³/mol. The summed E-state index contributed by atoms with van der Waals surface area (Å²) in [4.78, 5) is 12.3. The summed E-state index contributed by atoms with van der Waals surface area (Å²) in [6, 6.07) is 8.08. The summed E-state index contributed by atoms with van der Waals surface area (Å²) < 4.78 is 8.01. The fourth-order valence-corrected chi connectivity index (χ4v) is 4.38. The van der Waals surface area contributed by atoms with Gasteiger partial charge in [-0.1, -0.05) is 62.1 Å². The molecule has 1 amide bonds. The first-order valence-electron chi connectivity index (χ1n) is 10.5. The molecule has 3 rings (SSSR count). The number of amides is 1. The van der Waals surface area contributed by atoms with Gasteiger partial charge < -0.3 is 4.74 Å². The van der Waals surface area contributed by atoms with Gasteiger partial charge in [0.1, 0.15) is 10.8 Å². The number of ether oxygens (including phenoxy) is 1. The first-order valence-corrected chi connectivity index (χ1v) is 12.3. The molecule has 1 unspecified atom stereocenters. The molecule has 0 aliphatic rings. The predicted octanol–water partition coefficient (Wildman–Crippen LogP) is 4.87. The molecule has 1 N–H and O–H groups in total. The number of nitrogens with zero attached hydrogens (tertiary/aromatic N) is 5. The lowest BCUT2D eigenvalue weighted by atomic mass is 10.0. The van der Waals surface area contributed by atoms with Gasteiger partial charge in [-0.05, 0) is 37.0 Å². The summed E-state index contributed by atoms with van der Waals surface area (Å²) >= 11 is 2.69. The van der Waals surface area contributed by atoms with E-state index >= 15 is 0 Å². The van der Waals surface area contributed by atoms with Crippen molar-refractivity contribution in [2.45, 2.75) is 57.8 Å². The van der Waals surface area contributed by atoms with Gasteiger partial charge in [-0.25, -0.2) is 0 Å². The number of allylic oxidation sites excluding steroid dienone is 1. The molecule has 0 radical (unpaired) electrons. The number of hydrogen-bond acceptors (Lipinski definition) is 8. The summed E-state index contributed by atoms with van der Waals surface area (Å²) in [6.07, 6.45) is 2.25. The van der Waals surface area contributed by atoms with Crippen molar-refractivity contribution < 1.29 is 9.53 Å². The highest BCUT2D eigenvalue weighted by Crippen LogP contribution is 2.26. The summed E-state index contributed by atoms with van der Waals surface area (Å²) in [5.74, 6) is 1.93. The maximum absolute atomic E-state index is 12.3. The molecule has 8 nitrogen and oxygen atoms in total. The molecular formula is C22H28N6O2S2. The van der Waals surface area contributed by atoms with E-state index in [2.05, 4.69) is 58.3 Å². The van der Waals surface area contributed by atoms with Crippen LogP contribution in [0.25, 0.3) is 0 Å². The minimum Gasteiger partial charge on any atom is -0.483 e. The standard InChI is InChI=1S/C22H28N6O2S2/c1-6-12-28-20(15(5)30-17-10-8-16(9-11-17)14(3)4)25-27-22(28)31-13-18(29)23-21-26-24-19(7-2)32-21/h6,8-11,14-15H,1,7,12-13H2,2-5H3,(H,23,26,29). The molecule has 3 aromatic rings. The van der Waals surface area contributed by atoms with Crippen molar-refractivity contribution in [1.29, 1.82) is 0 Å². The fraction of sp³-hybridized carbons (Fsp3) is 0.409. The van der Waals surface area contributed by atoms with E-state index in [0.29, 0.717) is 28.6 Å². The number of hydrogen-bond donors (Lipinski definition) is 1. The molecule has 0 fully saturated rings. The Bertz CT molecular complexity index is 1050. The third kappa shape index (κ3) is 6.17. The van der Waals surface area contributed by atoms with Crippen LogP contribution in [0, 0.1) is 0 Å². The zero-order valence-electron chi connectivity index (χ0n) is 18.7. The van der Waals surface area contributed by atoms with Crippen LogP contribution >= 0.6 is 23.1 Å². The lowest BCUT2D eigenvalue weighted by Crippen LogP contribution is -2.15. The van der Waals surface area contributed by atoms with Gasteiger partial charge >= 0.3 is 0 Å². The minimum absolute atomic E-state index is 0.168. The second kappa shape index (κ2) is 11.2. The average molecular weight is 473 g/mol. The number of thioether (sulfide) groups is 1. The normalized spacial score (nSPS) is 12.0. The Morgan fingerprint density at radius 2 is 1.97 bits per heavy atom. The summed E-state index contributed by atoms with van der Waals surface area (Å²) in [5, 5.41) is 21.4. The highest BCUT2D eigenvalue weighted by Gasteiger charge is 2.20. The number of carbonyl (C=O) groups excluding carboxylic acids is 1. The average Bonchev–Trinajstić information content (AvgIpc) is 3.39. The van der Waals surface area contributed by atoms with E-state index in [9.17, 15) is 4.79 Å². The molecule has 0 spiro atoms. The number of rotatable bonds is 11. The maximum atomic E-state index is 12.3. The second-order valence-electron chi connectivity index (χ2n) is 7.42. The molecule has 0 aliphatic carbocycles. The quantitative estimate of drug-likeness (QED) is 0.314. The molecule has 0 saturated heterocycles. The van der Waals surface area contributed by atoms with E-state index in [1.807, 2.05) is 30.5 Å². The third-order valence-corrected chi connectivity index (χ3v) is 6.58. The van der Waals surface area contributed by atoms with E-state index < -0.39 is 0 Å². The summed E-state index contributed by atoms with van der Waals surface area (Å²) in [6.45, 7) is 12.6. The van der Waals surface area contributed by atoms with Gasteiger partial charge in [0.15, 0.2) is 17.1 Å². The Morgan fingerprint density at radius 1 is 1.22 bits per heavy atom. The van der Waals surface area contributed by atoms with Crippen LogP contribution in [-0.4, -0.2) is 36.6 Å². The van der Waals surface area contributed by atoms with E-state index in [0.717, 1.165) is 17.2 Å². The van der Waals surface area contributed by atoms with Gasteiger partial charge in [-0.3, -0.25) is 14.7 Å². The van der Waals surface area contributed by atoms with Crippen LogP contribution in [0.15, 0.2) is 42.1 Å². The number of anilines is 1. The second-order valence-corrected chi connectivity index (χ2v) is 9.42. The molecule has 1 atom stereocenters. The first-order chi connectivity index (χ1) is 15.4. The van der Waals surface area contributed by atoms with Crippen molar-refractivity contribution in [1.82, 2.24) is 25.0 Å². The molecule has 0 aliphatic heterocycles. The SMILES string of the molecule is C=CCn1c(SCC(=O)Nc2nnc(CC)s2)nnc1C(C)Oc1ccc(C(C)C)cc1. The molecule has 0 saturated carbocycles. The number of aryl methyl sites for hydroxylation is 1. The number of nitrogens with one attached hydrogen (secondary N) is 1. The first kappa shape index (κ1) is 23.9. The van der Waals surface area contributed by atoms with Gasteiger partial charge in [0.05, 0.1) is 5.75 Å². The van der Waals surface area contributed by atoms with Crippen molar-refractivity contribution in [3.05, 3.63) is 53.3 Å². The van der Waals surface area contributed by atoms with Crippen molar-refractivity contribution in [3.8, 4) is 5.75 Å². The summed E-state index contributed by atoms with van der Waals surface area (Å²) in [7, 11) is 0. The Kier molecular flexibility index (Phi) is 8.40. The van der Waals surface area contributed by atoms with Crippen molar-refractivity contribution in [2.75, 3.05) is 11.1 Å². The van der Waals surface area contributed by atoms with Crippen LogP contribution in [0.3, 0.4) is 0 Å². The van der Waals surface area contributed by atoms with Crippen LogP contribution < -0.4 is 10.1 Å². The van der Waals surface area contributed by atoms with Crippen molar-refractivity contribution >= 4 is 34.1 Å². The highest BCUT2D eigenvalue weighted by atomic mass is 32.2. The lowest BCUT2D eigenvalue weighted by molar-refractivity contribution is -0.113. The van der Waals surface area contributed by atoms with Gasteiger partial charge in [0, 0.05) is 6.54 Å². The van der Waals surface area contributed by atoms with Crippen LogP contribution in [0.5, 0.6) is 5.75 Å². The number of benzene rings is 1. The zero-order chi connectivity index (χ0) is 23.1. The summed E-state index contributed by atoms with van der Waals surface area (Å²) in [5.41, 5.74) is 1.26. The monoisotopic (exact) mass is 472 g/mol. The Morgan fingerprint density at radius 3 is 2.59 bits per heavy atom. The van der Waals surface area contributed by atoms with Gasteiger partial charge in [0.25, 0.3) is 0 Å². The number of carbonyl (C=O) groups is 1. The van der Waals surface area contributed by atoms with Crippen molar-refractivity contribution in [2.24, 2.45) is 0 Å². The van der Waals surface area contributed by atoms with Gasteiger partial charge in [-0.2, -0.15) is 0 Å². The Hall–Kier alpha value is -2.72. The molecule has 1 aromatic carbocycles. The zero-order valence-corrected chi connectivity index (χ0v) is 20.4. The maximum Gasteiger partial charge on any atom is 0.236 e. The van der Waals surface area contributed by atoms with Gasteiger partial charge in [0.2, 0.25) is 11.0 Å². The van der Waals surface area contributed by atoms with Crippen LogP contribution in [-0.2, 0) is 17.8 Å². The van der Waals surface area contributed by atoms with E-state index in [4.69, 9.17) is 4.74 Å². The van der Waals surface area contributed by atoms with Crippen LogP contribution in [0.1, 0.15) is 56.1 Å². The van der Waals surface area contributed by atoms with E-state index in [-0.39, 0.29) is 17.8 Å². The number of aromatic nitrogens is 5. The Labute approximate surface area is 196 Å². The van der Waals surface area contributed by atoms with E-state index in [1.165, 1.54) is 28.7 Å². The van der Waals surface area contributed by atoms with Gasteiger partial charge in [-0.15, -0.1) is 27.0 Å². The molecule has 0 bridgehead atoms. The van der Waals surface area contributed by atoms with Crippen molar-refractivity contribution in [3.63, 3.8) is 0 Å². The molecular weight excluding hydrogens is 444 g/mol. The Balaban J connectivity index is 1.64.